The zero-order valence-corrected chi connectivity index (χ0v) is 15.9. The number of nitrogens with zero attached hydrogens (tertiary/aromatic N) is 5. The molecule has 2 aliphatic heterocycles. The molecule has 1 amide bonds. The van der Waals surface area contributed by atoms with Gasteiger partial charge in [0.2, 0.25) is 5.91 Å². The number of carbonyl (C=O) groups excluding carboxylic acids is 1. The van der Waals surface area contributed by atoms with Crippen LogP contribution in [-0.4, -0.2) is 76.2 Å². The first-order valence-electron chi connectivity index (χ1n) is 9.64. The van der Waals surface area contributed by atoms with Crippen LogP contribution in [0, 0.1) is 0 Å². The van der Waals surface area contributed by atoms with E-state index in [0.29, 0.717) is 13.0 Å². The standard InChI is InChI=1S/C20H27N5O2/c1-3-10-25-11-9-20(8-7-18(25)26)15-24(13-12-23(20)2)14-16-5-4-6-17-19(16)22-27-21-17/h3-6H,1,7-15H2,2H3/t20-/m1/s1. The van der Waals surface area contributed by atoms with Gasteiger partial charge in [-0.2, -0.15) is 0 Å². The van der Waals surface area contributed by atoms with E-state index < -0.39 is 0 Å². The van der Waals surface area contributed by atoms with Gasteiger partial charge in [0.25, 0.3) is 0 Å². The Morgan fingerprint density at radius 3 is 3.00 bits per heavy atom. The number of piperazine rings is 1. The Labute approximate surface area is 159 Å². The Balaban J connectivity index is 1.52. The number of carbonyl (C=O) groups is 1. The predicted octanol–water partition coefficient (Wildman–Crippen LogP) is 1.91. The molecule has 4 rings (SSSR count). The van der Waals surface area contributed by atoms with Crippen LogP contribution in [0.2, 0.25) is 0 Å². The summed E-state index contributed by atoms with van der Waals surface area (Å²) in [7, 11) is 2.20. The second kappa shape index (κ2) is 7.40. The number of hydrogen-bond acceptors (Lipinski definition) is 6. The molecule has 144 valence electrons. The van der Waals surface area contributed by atoms with Gasteiger partial charge >= 0.3 is 0 Å². The van der Waals surface area contributed by atoms with Crippen molar-refractivity contribution in [3.05, 3.63) is 36.4 Å². The first-order valence-corrected chi connectivity index (χ1v) is 9.64. The molecule has 2 fully saturated rings. The van der Waals surface area contributed by atoms with Gasteiger partial charge in [-0.15, -0.1) is 6.58 Å². The predicted molar refractivity (Wildman–Crippen MR) is 103 cm³/mol. The monoisotopic (exact) mass is 369 g/mol. The molecule has 0 bridgehead atoms. The summed E-state index contributed by atoms with van der Waals surface area (Å²) in [6, 6.07) is 6.02. The van der Waals surface area contributed by atoms with Gasteiger partial charge in [0.15, 0.2) is 0 Å². The Bertz CT molecular complexity index is 835. The van der Waals surface area contributed by atoms with Crippen molar-refractivity contribution in [1.82, 2.24) is 25.0 Å². The summed E-state index contributed by atoms with van der Waals surface area (Å²) in [5.41, 5.74) is 2.83. The minimum Gasteiger partial charge on any atom is -0.339 e. The third-order valence-electron chi connectivity index (χ3n) is 6.20. The summed E-state index contributed by atoms with van der Waals surface area (Å²) < 4.78 is 4.91. The van der Waals surface area contributed by atoms with E-state index in [2.05, 4.69) is 39.8 Å². The van der Waals surface area contributed by atoms with Crippen LogP contribution in [0.1, 0.15) is 24.8 Å². The van der Waals surface area contributed by atoms with Gasteiger partial charge in [0.05, 0.1) is 0 Å². The zero-order chi connectivity index (χ0) is 18.9. The molecule has 0 aliphatic carbocycles. The van der Waals surface area contributed by atoms with Crippen molar-refractivity contribution in [1.29, 1.82) is 0 Å². The average Bonchev–Trinajstić information content (AvgIpc) is 3.10. The van der Waals surface area contributed by atoms with Gasteiger partial charge in [0.1, 0.15) is 11.0 Å². The lowest BCUT2D eigenvalue weighted by atomic mass is 9.86. The van der Waals surface area contributed by atoms with Gasteiger partial charge in [-0.1, -0.05) is 18.2 Å². The molecule has 0 radical (unpaired) electrons. The highest BCUT2D eigenvalue weighted by Gasteiger charge is 2.42. The minimum atomic E-state index is 0.0415. The number of hydrogen-bond donors (Lipinski definition) is 0. The van der Waals surface area contributed by atoms with Crippen molar-refractivity contribution in [3.8, 4) is 0 Å². The Hall–Kier alpha value is -2.25. The van der Waals surface area contributed by atoms with Crippen molar-refractivity contribution in [3.63, 3.8) is 0 Å². The quantitative estimate of drug-likeness (QED) is 0.767. The number of amides is 1. The number of likely N-dealkylation sites (N-methyl/N-ethyl adjacent to an activating group) is 1. The number of benzene rings is 1. The van der Waals surface area contributed by atoms with E-state index in [9.17, 15) is 4.79 Å². The van der Waals surface area contributed by atoms with E-state index in [1.54, 1.807) is 0 Å². The van der Waals surface area contributed by atoms with E-state index >= 15 is 0 Å². The first kappa shape index (κ1) is 18.1. The van der Waals surface area contributed by atoms with Gasteiger partial charge in [0, 0.05) is 51.2 Å². The van der Waals surface area contributed by atoms with Crippen molar-refractivity contribution in [2.24, 2.45) is 0 Å². The number of fused-ring (bicyclic) bond motifs is 1. The Morgan fingerprint density at radius 1 is 1.26 bits per heavy atom. The molecule has 1 aromatic carbocycles. The van der Waals surface area contributed by atoms with E-state index in [0.717, 1.165) is 62.2 Å². The second-order valence-electron chi connectivity index (χ2n) is 7.78. The molecular weight excluding hydrogens is 342 g/mol. The fourth-order valence-electron chi connectivity index (χ4n) is 4.49. The lowest BCUT2D eigenvalue weighted by Crippen LogP contribution is -2.60. The molecule has 3 heterocycles. The molecule has 2 aromatic rings. The molecule has 7 heteroatoms. The Kier molecular flexibility index (Phi) is 4.97. The highest BCUT2D eigenvalue weighted by molar-refractivity contribution is 5.77. The second-order valence-corrected chi connectivity index (χ2v) is 7.78. The number of likely N-dealkylation sites (tertiary alicyclic amines) is 1. The van der Waals surface area contributed by atoms with Crippen LogP contribution in [0.25, 0.3) is 11.0 Å². The van der Waals surface area contributed by atoms with Crippen molar-refractivity contribution >= 4 is 16.9 Å². The maximum atomic E-state index is 12.4. The topological polar surface area (TPSA) is 65.7 Å². The summed E-state index contributed by atoms with van der Waals surface area (Å²) in [5.74, 6) is 0.246. The van der Waals surface area contributed by atoms with Crippen LogP contribution in [-0.2, 0) is 11.3 Å². The average molecular weight is 369 g/mol. The molecular formula is C20H27N5O2. The minimum absolute atomic E-state index is 0.0415. The van der Waals surface area contributed by atoms with E-state index in [4.69, 9.17) is 4.63 Å². The molecule has 2 aliphatic rings. The highest BCUT2D eigenvalue weighted by Crippen LogP contribution is 2.33. The SMILES string of the molecule is C=CCN1CC[C@]2(CCC1=O)CN(Cc1cccc3nonc13)CCN2C. The summed E-state index contributed by atoms with van der Waals surface area (Å²) in [5, 5.41) is 8.02. The first-order chi connectivity index (χ1) is 13.1. The molecule has 1 spiro atoms. The smallest absolute Gasteiger partial charge is 0.222 e. The van der Waals surface area contributed by atoms with Crippen molar-refractivity contribution < 1.29 is 9.42 Å². The van der Waals surface area contributed by atoms with Gasteiger partial charge < -0.3 is 4.90 Å². The normalized spacial score (nSPS) is 25.2. The highest BCUT2D eigenvalue weighted by atomic mass is 16.6. The molecule has 0 unspecified atom stereocenters. The number of aromatic nitrogens is 2. The van der Waals surface area contributed by atoms with Crippen LogP contribution in [0.5, 0.6) is 0 Å². The molecule has 0 N–H and O–H groups in total. The van der Waals surface area contributed by atoms with Crippen LogP contribution < -0.4 is 0 Å². The molecule has 1 aromatic heterocycles. The van der Waals surface area contributed by atoms with E-state index in [1.807, 2.05) is 23.1 Å². The third-order valence-corrected chi connectivity index (χ3v) is 6.20. The molecule has 27 heavy (non-hydrogen) atoms. The summed E-state index contributed by atoms with van der Waals surface area (Å²) in [6.07, 6.45) is 4.33. The third kappa shape index (κ3) is 3.49. The summed E-state index contributed by atoms with van der Waals surface area (Å²) in [4.78, 5) is 19.3. The fraction of sp³-hybridized carbons (Fsp3) is 0.550. The largest absolute Gasteiger partial charge is 0.339 e. The van der Waals surface area contributed by atoms with Gasteiger partial charge in [-0.05, 0) is 41.8 Å². The van der Waals surface area contributed by atoms with Crippen LogP contribution in [0.15, 0.2) is 35.5 Å². The maximum absolute atomic E-state index is 12.4. The van der Waals surface area contributed by atoms with Crippen molar-refractivity contribution in [2.75, 3.05) is 39.8 Å². The van der Waals surface area contributed by atoms with Crippen LogP contribution in [0.3, 0.4) is 0 Å². The van der Waals surface area contributed by atoms with Crippen LogP contribution >= 0.6 is 0 Å². The fourth-order valence-corrected chi connectivity index (χ4v) is 4.49. The molecule has 0 saturated carbocycles. The van der Waals surface area contributed by atoms with Gasteiger partial charge in [-0.3, -0.25) is 14.6 Å². The number of rotatable bonds is 4. The summed E-state index contributed by atoms with van der Waals surface area (Å²) >= 11 is 0. The lowest BCUT2D eigenvalue weighted by molar-refractivity contribution is -0.130. The molecule has 7 nitrogen and oxygen atoms in total. The van der Waals surface area contributed by atoms with Crippen molar-refractivity contribution in [2.45, 2.75) is 31.3 Å². The summed E-state index contributed by atoms with van der Waals surface area (Å²) in [6.45, 7) is 9.02. The Morgan fingerprint density at radius 2 is 2.15 bits per heavy atom. The zero-order valence-electron chi connectivity index (χ0n) is 15.9. The van der Waals surface area contributed by atoms with E-state index in [-0.39, 0.29) is 11.4 Å². The molecule has 2 saturated heterocycles. The maximum Gasteiger partial charge on any atom is 0.222 e. The van der Waals surface area contributed by atoms with E-state index in [1.165, 1.54) is 0 Å². The van der Waals surface area contributed by atoms with Crippen LogP contribution in [0.4, 0.5) is 0 Å². The molecule has 1 atom stereocenters. The van der Waals surface area contributed by atoms with Gasteiger partial charge in [-0.25, -0.2) is 4.63 Å². The lowest BCUT2D eigenvalue weighted by Gasteiger charge is -2.49.